The lowest BCUT2D eigenvalue weighted by molar-refractivity contribution is 0.00578. The number of hydrogen-bond acceptors (Lipinski definition) is 6. The number of benzene rings is 1. The highest BCUT2D eigenvalue weighted by Gasteiger charge is 2.54. The molecule has 0 spiro atoms. The van der Waals surface area contributed by atoms with E-state index in [0.29, 0.717) is 6.61 Å². The number of nitrogens with zero attached hydrogens (tertiary/aromatic N) is 1. The summed E-state index contributed by atoms with van der Waals surface area (Å²) in [6.07, 6.45) is 3.81. The molecule has 0 aliphatic carbocycles. The molecule has 0 saturated carbocycles. The second-order valence-corrected chi connectivity index (χ2v) is 12.6. The molecule has 1 aromatic rings. The minimum absolute atomic E-state index is 0.276. The Bertz CT molecular complexity index is 919. The number of hydrogen-bond donors (Lipinski definition) is 0. The topological polar surface area (TPSA) is 69.9 Å². The Morgan fingerprint density at radius 1 is 0.800 bits per heavy atom. The zero-order valence-electron chi connectivity index (χ0n) is 23.4. The molecule has 35 heavy (non-hydrogen) atoms. The normalized spacial score (nSPS) is 22.3. The zero-order chi connectivity index (χ0) is 26.3. The first kappa shape index (κ1) is 28.1. The Hall–Kier alpha value is -1.52. The van der Waals surface area contributed by atoms with Crippen molar-refractivity contribution in [3.05, 3.63) is 18.2 Å². The van der Waals surface area contributed by atoms with Crippen LogP contribution in [0.2, 0.25) is 0 Å². The molecule has 0 bridgehead atoms. The highest BCUT2D eigenvalue weighted by Crippen LogP contribution is 2.38. The van der Waals surface area contributed by atoms with Crippen LogP contribution in [0.15, 0.2) is 18.2 Å². The molecule has 0 unspecified atom stereocenters. The van der Waals surface area contributed by atoms with Gasteiger partial charge < -0.3 is 23.4 Å². The van der Waals surface area contributed by atoms with Crippen LogP contribution in [-0.2, 0) is 18.6 Å². The van der Waals surface area contributed by atoms with Gasteiger partial charge in [-0.15, -0.1) is 0 Å². The van der Waals surface area contributed by atoms with Crippen molar-refractivity contribution >= 4 is 25.2 Å². The third-order valence-corrected chi connectivity index (χ3v) is 8.08. The molecule has 0 radical (unpaired) electrons. The van der Waals surface area contributed by atoms with Gasteiger partial charge in [0.2, 0.25) is 0 Å². The van der Waals surface area contributed by atoms with Crippen molar-refractivity contribution < 1.29 is 23.4 Å². The van der Waals surface area contributed by atoms with Gasteiger partial charge in [0.15, 0.2) is 0 Å². The predicted molar refractivity (Wildman–Crippen MR) is 141 cm³/mol. The summed E-state index contributed by atoms with van der Waals surface area (Å²) in [5.74, 6) is 0.730. The molecule has 6 nitrogen and oxygen atoms in total. The van der Waals surface area contributed by atoms with E-state index in [-0.39, 0.29) is 5.41 Å². The van der Waals surface area contributed by atoms with Crippen molar-refractivity contribution in [3.63, 3.8) is 0 Å². The average Bonchev–Trinajstić information content (AvgIpc) is 3.09. The van der Waals surface area contributed by atoms with E-state index in [1.54, 1.807) is 0 Å². The monoisotopic (exact) mass is 483 g/mol. The molecule has 192 valence electrons. The van der Waals surface area contributed by atoms with Crippen LogP contribution in [0.25, 0.3) is 0 Å². The van der Waals surface area contributed by atoms with E-state index in [1.165, 1.54) is 0 Å². The van der Waals surface area contributed by atoms with E-state index in [2.05, 4.69) is 61.5 Å². The lowest BCUT2D eigenvalue weighted by atomic mass is 9.73. The van der Waals surface area contributed by atoms with Gasteiger partial charge in [-0.05, 0) is 93.6 Å². The Morgan fingerprint density at radius 3 is 1.83 bits per heavy atom. The van der Waals surface area contributed by atoms with Crippen molar-refractivity contribution in [2.75, 3.05) is 6.61 Å². The summed E-state index contributed by atoms with van der Waals surface area (Å²) in [4.78, 5) is 0. The lowest BCUT2D eigenvalue weighted by Crippen LogP contribution is -2.41. The van der Waals surface area contributed by atoms with Crippen molar-refractivity contribution in [2.45, 2.75) is 117 Å². The minimum atomic E-state index is -0.515. The third-order valence-electron chi connectivity index (χ3n) is 8.08. The molecule has 0 atom stereocenters. The van der Waals surface area contributed by atoms with Crippen LogP contribution in [0, 0.1) is 16.7 Å². The number of unbranched alkanes of at least 4 members (excludes halogenated alkanes) is 2. The summed E-state index contributed by atoms with van der Waals surface area (Å²) in [6, 6.07) is 8.39. The largest absolute Gasteiger partial charge is 0.498 e. The summed E-state index contributed by atoms with van der Waals surface area (Å²) in [5, 5.41) is 9.22. The molecule has 2 saturated heterocycles. The van der Waals surface area contributed by atoms with E-state index in [4.69, 9.17) is 23.4 Å². The molecule has 2 aliphatic heterocycles. The quantitative estimate of drug-likeness (QED) is 0.372. The molecule has 3 rings (SSSR count). The van der Waals surface area contributed by atoms with Gasteiger partial charge in [-0.25, -0.2) is 0 Å². The average molecular weight is 483 g/mol. The molecule has 2 heterocycles. The van der Waals surface area contributed by atoms with Crippen LogP contribution >= 0.6 is 0 Å². The second kappa shape index (κ2) is 9.74. The first-order chi connectivity index (χ1) is 16.0. The first-order valence-electron chi connectivity index (χ1n) is 12.9. The van der Waals surface area contributed by atoms with E-state index < -0.39 is 36.6 Å². The maximum absolute atomic E-state index is 9.22. The molecule has 8 heteroatoms. The first-order valence-corrected chi connectivity index (χ1v) is 12.9. The smallest absolute Gasteiger partial charge is 0.494 e. The van der Waals surface area contributed by atoms with Gasteiger partial charge in [0.25, 0.3) is 0 Å². The van der Waals surface area contributed by atoms with Gasteiger partial charge in [-0.3, -0.25) is 0 Å². The number of ether oxygens (including phenoxy) is 1. The fourth-order valence-corrected chi connectivity index (χ4v) is 4.05. The van der Waals surface area contributed by atoms with Gasteiger partial charge in [0, 0.05) is 5.46 Å². The number of nitriles is 1. The Kier molecular flexibility index (Phi) is 7.81. The van der Waals surface area contributed by atoms with Crippen molar-refractivity contribution in [2.24, 2.45) is 5.41 Å². The predicted octanol–water partition coefficient (Wildman–Crippen LogP) is 4.77. The molecule has 0 aromatic heterocycles. The van der Waals surface area contributed by atoms with Crippen LogP contribution in [0.3, 0.4) is 0 Å². The van der Waals surface area contributed by atoms with E-state index in [9.17, 15) is 5.26 Å². The lowest BCUT2D eigenvalue weighted by Gasteiger charge is -2.32. The van der Waals surface area contributed by atoms with Gasteiger partial charge in [-0.2, -0.15) is 5.26 Å². The van der Waals surface area contributed by atoms with Gasteiger partial charge in [0.1, 0.15) is 5.75 Å². The standard InChI is InChI=1S/C27H43B2NO5/c1-23(2,19-30)16-12-11-13-17-31-22-18-20(28-32-24(3,4)25(5,6)33-28)14-15-21(22)29-34-26(7,8)27(9,10)35-29/h14-15,18H,11-13,16-17H2,1-10H3. The van der Waals surface area contributed by atoms with Gasteiger partial charge >= 0.3 is 14.2 Å². The third kappa shape index (κ3) is 6.07. The van der Waals surface area contributed by atoms with Crippen molar-refractivity contribution in [3.8, 4) is 11.8 Å². The van der Waals surface area contributed by atoms with Crippen molar-refractivity contribution in [1.82, 2.24) is 0 Å². The van der Waals surface area contributed by atoms with Crippen LogP contribution in [0.5, 0.6) is 5.75 Å². The van der Waals surface area contributed by atoms with Crippen LogP contribution < -0.4 is 15.7 Å². The van der Waals surface area contributed by atoms with E-state index >= 15 is 0 Å². The van der Waals surface area contributed by atoms with Gasteiger partial charge in [0.05, 0.1) is 40.5 Å². The minimum Gasteiger partial charge on any atom is -0.494 e. The zero-order valence-corrected chi connectivity index (χ0v) is 23.4. The Morgan fingerprint density at radius 2 is 1.31 bits per heavy atom. The Labute approximate surface area is 213 Å². The fraction of sp³-hybridized carbons (Fsp3) is 0.741. The molecule has 2 fully saturated rings. The fourth-order valence-electron chi connectivity index (χ4n) is 4.05. The van der Waals surface area contributed by atoms with E-state index in [1.807, 2.05) is 32.0 Å². The molecule has 0 N–H and O–H groups in total. The molecule has 0 amide bonds. The van der Waals surface area contributed by atoms with Gasteiger partial charge in [-0.1, -0.05) is 25.0 Å². The van der Waals surface area contributed by atoms with Crippen molar-refractivity contribution in [1.29, 1.82) is 5.26 Å². The summed E-state index contributed by atoms with van der Waals surface area (Å²) < 4.78 is 31.5. The summed E-state index contributed by atoms with van der Waals surface area (Å²) in [5.41, 5.74) is -0.202. The van der Waals surface area contributed by atoms with Crippen LogP contribution in [0.1, 0.15) is 94.9 Å². The molecular weight excluding hydrogens is 440 g/mol. The summed E-state index contributed by atoms with van der Waals surface area (Å²) >= 11 is 0. The SMILES string of the molecule is CC(C)(C#N)CCCCCOc1cc(B2OC(C)(C)C(C)(C)O2)ccc1B1OC(C)(C)C(C)(C)O1. The second-order valence-electron chi connectivity index (χ2n) is 12.6. The molecule has 2 aliphatic rings. The summed E-state index contributed by atoms with van der Waals surface area (Å²) in [6.45, 7) is 21.0. The highest BCUT2D eigenvalue weighted by atomic mass is 16.7. The number of rotatable bonds is 9. The maximum Gasteiger partial charge on any atom is 0.498 e. The molecule has 1 aromatic carbocycles. The Balaban J connectivity index is 1.76. The maximum atomic E-state index is 9.22. The summed E-state index contributed by atoms with van der Waals surface area (Å²) in [7, 11) is -0.985. The van der Waals surface area contributed by atoms with Crippen LogP contribution in [0.4, 0.5) is 0 Å². The van der Waals surface area contributed by atoms with E-state index in [0.717, 1.165) is 42.4 Å². The van der Waals surface area contributed by atoms with Crippen LogP contribution in [-0.4, -0.2) is 43.2 Å². The highest BCUT2D eigenvalue weighted by molar-refractivity contribution is 6.65. The molecular formula is C27H43B2NO5.